The zero-order valence-corrected chi connectivity index (χ0v) is 8.01. The van der Waals surface area contributed by atoms with Gasteiger partial charge in [-0.3, -0.25) is 0 Å². The van der Waals surface area contributed by atoms with Crippen molar-refractivity contribution in [2.24, 2.45) is 0 Å². The first-order valence-corrected chi connectivity index (χ1v) is 4.94. The quantitative estimate of drug-likeness (QED) is 0.648. The highest BCUT2D eigenvalue weighted by molar-refractivity contribution is 5.70. The largest absolute Gasteiger partial charge is 0.440 e. The molecule has 13 heavy (non-hydrogen) atoms. The van der Waals surface area contributed by atoms with Crippen LogP contribution in [0, 0.1) is 0 Å². The van der Waals surface area contributed by atoms with E-state index in [1.165, 1.54) is 0 Å². The number of likely N-dealkylation sites (N-methyl/N-ethyl adjacent to an activating group) is 1. The first-order chi connectivity index (χ1) is 6.26. The van der Waals surface area contributed by atoms with Gasteiger partial charge in [-0.05, 0) is 26.3 Å². The summed E-state index contributed by atoms with van der Waals surface area (Å²) in [5.41, 5.74) is -0.217. The summed E-state index contributed by atoms with van der Waals surface area (Å²) in [5, 5.41) is 3.28. The summed E-state index contributed by atoms with van der Waals surface area (Å²) >= 11 is 0. The van der Waals surface area contributed by atoms with Crippen molar-refractivity contribution in [2.45, 2.75) is 25.4 Å². The molecule has 74 valence electrons. The minimum absolute atomic E-state index is 0.147. The lowest BCUT2D eigenvalue weighted by atomic mass is 9.94. The second-order valence-electron chi connectivity index (χ2n) is 3.85. The number of ether oxygens (including phenoxy) is 1. The third-order valence-corrected chi connectivity index (χ3v) is 2.86. The second kappa shape index (κ2) is 3.18. The molecule has 1 unspecified atom stereocenters. The molecule has 0 aromatic carbocycles. The molecule has 2 rings (SSSR count). The van der Waals surface area contributed by atoms with Crippen LogP contribution in [0.15, 0.2) is 0 Å². The lowest BCUT2D eigenvalue weighted by molar-refractivity contribution is 0.0366. The van der Waals surface area contributed by atoms with E-state index in [4.69, 9.17) is 4.74 Å². The Bertz CT molecular complexity index is 212. The van der Waals surface area contributed by atoms with Gasteiger partial charge < -0.3 is 15.0 Å². The van der Waals surface area contributed by atoms with Crippen molar-refractivity contribution in [3.05, 3.63) is 0 Å². The Morgan fingerprint density at radius 2 is 2.54 bits per heavy atom. The molecular weight excluding hydrogens is 168 g/mol. The van der Waals surface area contributed by atoms with E-state index in [1.807, 2.05) is 6.92 Å². The van der Waals surface area contributed by atoms with Gasteiger partial charge in [0.2, 0.25) is 0 Å². The molecule has 2 aliphatic heterocycles. The predicted molar refractivity (Wildman–Crippen MR) is 48.6 cm³/mol. The van der Waals surface area contributed by atoms with Crippen molar-refractivity contribution in [3.8, 4) is 0 Å². The van der Waals surface area contributed by atoms with E-state index in [2.05, 4.69) is 5.32 Å². The molecule has 4 nitrogen and oxygen atoms in total. The van der Waals surface area contributed by atoms with Gasteiger partial charge in [0.25, 0.3) is 0 Å². The minimum Gasteiger partial charge on any atom is -0.440 e. The van der Waals surface area contributed by atoms with Gasteiger partial charge in [0, 0.05) is 13.1 Å². The van der Waals surface area contributed by atoms with Gasteiger partial charge in [-0.15, -0.1) is 0 Å². The Hall–Kier alpha value is -0.770. The van der Waals surface area contributed by atoms with Gasteiger partial charge in [0.1, 0.15) is 5.60 Å². The molecule has 0 aromatic rings. The minimum atomic E-state index is -0.217. The Kier molecular flexibility index (Phi) is 2.15. The van der Waals surface area contributed by atoms with E-state index in [0.29, 0.717) is 0 Å². The molecule has 0 aliphatic carbocycles. The molecule has 0 bridgehead atoms. The summed E-state index contributed by atoms with van der Waals surface area (Å²) in [5.74, 6) is 0. The molecule has 4 heteroatoms. The van der Waals surface area contributed by atoms with Crippen LogP contribution in [0.5, 0.6) is 0 Å². The standard InChI is InChI=1S/C9H16N2O2/c1-2-11-7-9(13-8(11)12)4-3-5-10-6-9/h10H,2-7H2,1H3. The second-order valence-corrected chi connectivity index (χ2v) is 3.85. The SMILES string of the molecule is CCN1CC2(CCCNC2)OC1=O. The molecule has 1 spiro atoms. The summed E-state index contributed by atoms with van der Waals surface area (Å²) < 4.78 is 5.42. The maximum Gasteiger partial charge on any atom is 0.410 e. The lowest BCUT2D eigenvalue weighted by Gasteiger charge is -2.31. The molecule has 0 radical (unpaired) electrons. The van der Waals surface area contributed by atoms with Gasteiger partial charge in [-0.2, -0.15) is 0 Å². The van der Waals surface area contributed by atoms with E-state index < -0.39 is 0 Å². The normalized spacial score (nSPS) is 33.9. The van der Waals surface area contributed by atoms with Crippen molar-refractivity contribution in [3.63, 3.8) is 0 Å². The number of rotatable bonds is 1. The molecule has 2 saturated heterocycles. The summed E-state index contributed by atoms with van der Waals surface area (Å²) in [7, 11) is 0. The van der Waals surface area contributed by atoms with Gasteiger partial charge in [0.05, 0.1) is 6.54 Å². The number of nitrogens with zero attached hydrogens (tertiary/aromatic N) is 1. The van der Waals surface area contributed by atoms with Crippen LogP contribution in [0.2, 0.25) is 0 Å². The Balaban J connectivity index is 2.05. The van der Waals surface area contributed by atoms with Gasteiger partial charge >= 0.3 is 6.09 Å². The highest BCUT2D eigenvalue weighted by atomic mass is 16.6. The number of amides is 1. The number of piperidine rings is 1. The summed E-state index contributed by atoms with van der Waals surface area (Å²) in [6, 6.07) is 0. The third kappa shape index (κ3) is 1.50. The average molecular weight is 184 g/mol. The number of nitrogens with one attached hydrogen (secondary N) is 1. The first-order valence-electron chi connectivity index (χ1n) is 4.94. The predicted octanol–water partition coefficient (Wildman–Crippen LogP) is 0.581. The van der Waals surface area contributed by atoms with Gasteiger partial charge in [0.15, 0.2) is 0 Å². The highest BCUT2D eigenvalue weighted by Gasteiger charge is 2.44. The van der Waals surface area contributed by atoms with E-state index in [9.17, 15) is 4.79 Å². The van der Waals surface area contributed by atoms with Crippen LogP contribution >= 0.6 is 0 Å². The average Bonchev–Trinajstić information content (AvgIpc) is 2.44. The van der Waals surface area contributed by atoms with E-state index in [-0.39, 0.29) is 11.7 Å². The number of hydrogen-bond acceptors (Lipinski definition) is 3. The van der Waals surface area contributed by atoms with Crippen molar-refractivity contribution >= 4 is 6.09 Å². The third-order valence-electron chi connectivity index (χ3n) is 2.86. The summed E-state index contributed by atoms with van der Waals surface area (Å²) in [4.78, 5) is 13.1. The zero-order chi connectivity index (χ0) is 9.31. The molecular formula is C9H16N2O2. The van der Waals surface area contributed by atoms with Crippen LogP contribution in [0.4, 0.5) is 4.79 Å². The fourth-order valence-electron chi connectivity index (χ4n) is 2.10. The molecule has 1 atom stereocenters. The molecule has 1 N–H and O–H groups in total. The van der Waals surface area contributed by atoms with Crippen LogP contribution in [-0.2, 0) is 4.74 Å². The molecule has 0 aromatic heterocycles. The van der Waals surface area contributed by atoms with Crippen molar-refractivity contribution in [1.29, 1.82) is 0 Å². The van der Waals surface area contributed by atoms with Crippen LogP contribution in [0.25, 0.3) is 0 Å². The molecule has 2 fully saturated rings. The summed E-state index contributed by atoms with van der Waals surface area (Å²) in [6.07, 6.45) is 1.96. The maximum atomic E-state index is 11.4. The Morgan fingerprint density at radius 3 is 3.08 bits per heavy atom. The van der Waals surface area contributed by atoms with Crippen molar-refractivity contribution in [2.75, 3.05) is 26.2 Å². The monoisotopic (exact) mass is 184 g/mol. The van der Waals surface area contributed by atoms with Gasteiger partial charge in [-0.25, -0.2) is 4.79 Å². The maximum absolute atomic E-state index is 11.4. The highest BCUT2D eigenvalue weighted by Crippen LogP contribution is 2.28. The molecule has 2 aliphatic rings. The Labute approximate surface area is 78.2 Å². The number of carbonyl (C=O) groups excluding carboxylic acids is 1. The fourth-order valence-corrected chi connectivity index (χ4v) is 2.10. The number of hydrogen-bond donors (Lipinski definition) is 1. The topological polar surface area (TPSA) is 41.6 Å². The molecule has 1 amide bonds. The van der Waals surface area contributed by atoms with Crippen LogP contribution in [0.3, 0.4) is 0 Å². The first kappa shape index (κ1) is 8.81. The van der Waals surface area contributed by atoms with E-state index >= 15 is 0 Å². The molecule has 2 heterocycles. The van der Waals surface area contributed by atoms with Crippen molar-refractivity contribution in [1.82, 2.24) is 10.2 Å². The van der Waals surface area contributed by atoms with Crippen LogP contribution < -0.4 is 5.32 Å². The lowest BCUT2D eigenvalue weighted by Crippen LogP contribution is -2.48. The van der Waals surface area contributed by atoms with Crippen LogP contribution in [0.1, 0.15) is 19.8 Å². The van der Waals surface area contributed by atoms with E-state index in [0.717, 1.165) is 39.0 Å². The van der Waals surface area contributed by atoms with Crippen molar-refractivity contribution < 1.29 is 9.53 Å². The van der Waals surface area contributed by atoms with E-state index in [1.54, 1.807) is 4.90 Å². The van der Waals surface area contributed by atoms with Gasteiger partial charge in [-0.1, -0.05) is 0 Å². The smallest absolute Gasteiger partial charge is 0.410 e. The molecule has 0 saturated carbocycles. The summed E-state index contributed by atoms with van der Waals surface area (Å²) in [6.45, 7) is 5.35. The zero-order valence-electron chi connectivity index (χ0n) is 8.01. The fraction of sp³-hybridized carbons (Fsp3) is 0.889. The van der Waals surface area contributed by atoms with Crippen LogP contribution in [-0.4, -0.2) is 42.8 Å². The Morgan fingerprint density at radius 1 is 1.69 bits per heavy atom. The number of carbonyl (C=O) groups is 1.